The lowest BCUT2D eigenvalue weighted by Gasteiger charge is -2.21. The van der Waals surface area contributed by atoms with Gasteiger partial charge >= 0.3 is 0 Å². The minimum absolute atomic E-state index is 0.750. The molecule has 0 aliphatic carbocycles. The monoisotopic (exact) mass is 287 g/mol. The molecular formula is C17H25N3O. The Morgan fingerprint density at radius 2 is 1.95 bits per heavy atom. The second-order valence-corrected chi connectivity index (χ2v) is 5.31. The van der Waals surface area contributed by atoms with Crippen molar-refractivity contribution in [3.63, 3.8) is 0 Å². The quantitative estimate of drug-likeness (QED) is 0.754. The molecule has 1 aromatic carbocycles. The maximum atomic E-state index is 5.44. The van der Waals surface area contributed by atoms with Crippen molar-refractivity contribution >= 4 is 5.69 Å². The van der Waals surface area contributed by atoms with E-state index in [1.165, 1.54) is 11.3 Å². The highest BCUT2D eigenvalue weighted by atomic mass is 16.5. The predicted molar refractivity (Wildman–Crippen MR) is 86.4 cm³/mol. The van der Waals surface area contributed by atoms with E-state index in [2.05, 4.69) is 60.4 Å². The molecule has 0 amide bonds. The van der Waals surface area contributed by atoms with Crippen molar-refractivity contribution in [2.75, 3.05) is 18.0 Å². The summed E-state index contributed by atoms with van der Waals surface area (Å²) in [6.07, 6.45) is 1.13. The van der Waals surface area contributed by atoms with Crippen molar-refractivity contribution in [2.45, 2.75) is 40.3 Å². The van der Waals surface area contributed by atoms with Crippen LogP contribution >= 0.6 is 0 Å². The minimum atomic E-state index is 0.750. The first-order valence-corrected chi connectivity index (χ1v) is 7.69. The summed E-state index contributed by atoms with van der Waals surface area (Å²) in [7, 11) is 0. The summed E-state index contributed by atoms with van der Waals surface area (Å²) in [6, 6.07) is 10.6. The largest absolute Gasteiger partial charge is 0.364 e. The van der Waals surface area contributed by atoms with Crippen LogP contribution in [0.4, 0.5) is 5.69 Å². The van der Waals surface area contributed by atoms with E-state index in [-0.39, 0.29) is 0 Å². The summed E-state index contributed by atoms with van der Waals surface area (Å²) in [5.41, 5.74) is 3.46. The van der Waals surface area contributed by atoms with Crippen LogP contribution < -0.4 is 10.2 Å². The van der Waals surface area contributed by atoms with Gasteiger partial charge in [-0.05, 0) is 38.9 Å². The zero-order valence-electron chi connectivity index (χ0n) is 13.2. The Bertz CT molecular complexity index is 533. The van der Waals surface area contributed by atoms with Crippen LogP contribution in [0.2, 0.25) is 0 Å². The zero-order chi connectivity index (χ0) is 15.1. The molecule has 4 nitrogen and oxygen atoms in total. The van der Waals surface area contributed by atoms with Gasteiger partial charge in [0.1, 0.15) is 0 Å². The molecule has 0 atom stereocenters. The van der Waals surface area contributed by atoms with Crippen LogP contribution in [-0.4, -0.2) is 18.2 Å². The third kappa shape index (κ3) is 4.60. The molecule has 0 saturated heterocycles. The number of aromatic nitrogens is 1. The first-order chi connectivity index (χ1) is 10.2. The van der Waals surface area contributed by atoms with Crippen LogP contribution in [0.5, 0.6) is 0 Å². The van der Waals surface area contributed by atoms with E-state index in [0.29, 0.717) is 0 Å². The van der Waals surface area contributed by atoms with Crippen LogP contribution in [0, 0.1) is 6.92 Å². The van der Waals surface area contributed by atoms with Gasteiger partial charge in [0, 0.05) is 24.8 Å². The number of anilines is 1. The molecule has 0 spiro atoms. The van der Waals surface area contributed by atoms with Gasteiger partial charge in [-0.15, -0.1) is 0 Å². The fourth-order valence-electron chi connectivity index (χ4n) is 2.24. The molecule has 1 aromatic heterocycles. The molecule has 0 radical (unpaired) electrons. The standard InChI is InChI=1S/C17H25N3O/c1-4-10-18-12-15-11-17(21-19-15)13-20(5-2)16-8-6-14(3)7-9-16/h6-9,11,18H,4-5,10,12-13H2,1-3H3. The van der Waals surface area contributed by atoms with Crippen LogP contribution in [0.1, 0.15) is 37.3 Å². The second kappa shape index (κ2) is 7.84. The number of nitrogens with one attached hydrogen (secondary N) is 1. The minimum Gasteiger partial charge on any atom is -0.364 e. The summed E-state index contributed by atoms with van der Waals surface area (Å²) in [6.45, 7) is 9.88. The van der Waals surface area contributed by atoms with Gasteiger partial charge in [-0.25, -0.2) is 0 Å². The molecule has 0 fully saturated rings. The lowest BCUT2D eigenvalue weighted by Crippen LogP contribution is -2.21. The molecule has 1 N–H and O–H groups in total. The average Bonchev–Trinajstić information content (AvgIpc) is 2.94. The third-order valence-electron chi connectivity index (χ3n) is 3.47. The highest BCUT2D eigenvalue weighted by Crippen LogP contribution is 2.18. The van der Waals surface area contributed by atoms with E-state index >= 15 is 0 Å². The van der Waals surface area contributed by atoms with Gasteiger partial charge in [0.2, 0.25) is 0 Å². The summed E-state index contributed by atoms with van der Waals surface area (Å²) in [4.78, 5) is 2.28. The summed E-state index contributed by atoms with van der Waals surface area (Å²) in [5, 5.41) is 7.45. The van der Waals surface area contributed by atoms with Crippen LogP contribution in [0.25, 0.3) is 0 Å². The van der Waals surface area contributed by atoms with Gasteiger partial charge in [-0.2, -0.15) is 0 Å². The van der Waals surface area contributed by atoms with Gasteiger partial charge < -0.3 is 14.7 Å². The molecule has 1 heterocycles. The average molecular weight is 287 g/mol. The third-order valence-corrected chi connectivity index (χ3v) is 3.47. The molecular weight excluding hydrogens is 262 g/mol. The maximum Gasteiger partial charge on any atom is 0.156 e. The second-order valence-electron chi connectivity index (χ2n) is 5.31. The van der Waals surface area contributed by atoms with Crippen LogP contribution in [0.15, 0.2) is 34.9 Å². The molecule has 21 heavy (non-hydrogen) atoms. The Hall–Kier alpha value is -1.81. The van der Waals surface area contributed by atoms with E-state index in [1.54, 1.807) is 0 Å². The number of aryl methyl sites for hydroxylation is 1. The predicted octanol–water partition coefficient (Wildman–Crippen LogP) is 3.51. The number of hydrogen-bond acceptors (Lipinski definition) is 4. The molecule has 0 aliphatic rings. The Morgan fingerprint density at radius 1 is 1.19 bits per heavy atom. The van der Waals surface area contributed by atoms with Gasteiger partial charge in [0.05, 0.1) is 12.2 Å². The molecule has 2 rings (SSSR count). The number of benzene rings is 1. The van der Waals surface area contributed by atoms with E-state index in [9.17, 15) is 0 Å². The fraction of sp³-hybridized carbons (Fsp3) is 0.471. The molecule has 0 saturated carbocycles. The molecule has 4 heteroatoms. The highest BCUT2D eigenvalue weighted by molar-refractivity contribution is 5.47. The molecule has 114 valence electrons. The highest BCUT2D eigenvalue weighted by Gasteiger charge is 2.10. The topological polar surface area (TPSA) is 41.3 Å². The van der Waals surface area contributed by atoms with Gasteiger partial charge in [-0.1, -0.05) is 29.8 Å². The zero-order valence-corrected chi connectivity index (χ0v) is 13.2. The molecule has 0 bridgehead atoms. The summed E-state index contributed by atoms with van der Waals surface area (Å²) >= 11 is 0. The van der Waals surface area contributed by atoms with Crippen molar-refractivity contribution in [2.24, 2.45) is 0 Å². The lowest BCUT2D eigenvalue weighted by molar-refractivity contribution is 0.373. The molecule has 0 unspecified atom stereocenters. The van der Waals surface area contributed by atoms with Gasteiger partial charge in [0.25, 0.3) is 0 Å². The first kappa shape index (κ1) is 15.6. The smallest absolute Gasteiger partial charge is 0.156 e. The van der Waals surface area contributed by atoms with Crippen molar-refractivity contribution < 1.29 is 4.52 Å². The lowest BCUT2D eigenvalue weighted by atomic mass is 10.2. The van der Waals surface area contributed by atoms with Crippen molar-refractivity contribution in [1.82, 2.24) is 10.5 Å². The SMILES string of the molecule is CCCNCc1cc(CN(CC)c2ccc(C)cc2)on1. The first-order valence-electron chi connectivity index (χ1n) is 7.69. The van der Waals surface area contributed by atoms with Crippen LogP contribution in [0.3, 0.4) is 0 Å². The Morgan fingerprint density at radius 3 is 2.62 bits per heavy atom. The number of rotatable bonds is 8. The normalized spacial score (nSPS) is 10.8. The Balaban J connectivity index is 1.97. The maximum absolute atomic E-state index is 5.44. The van der Waals surface area contributed by atoms with Crippen molar-refractivity contribution in [1.29, 1.82) is 0 Å². The fourth-order valence-corrected chi connectivity index (χ4v) is 2.24. The Kier molecular flexibility index (Phi) is 5.81. The van der Waals surface area contributed by atoms with Crippen molar-refractivity contribution in [3.05, 3.63) is 47.3 Å². The Labute approximate surface area is 127 Å². The van der Waals surface area contributed by atoms with Crippen molar-refractivity contribution in [3.8, 4) is 0 Å². The number of hydrogen-bond donors (Lipinski definition) is 1. The van der Waals surface area contributed by atoms with Gasteiger partial charge in [-0.3, -0.25) is 0 Å². The van der Waals surface area contributed by atoms with E-state index in [1.807, 2.05) is 6.07 Å². The number of nitrogens with zero attached hydrogens (tertiary/aromatic N) is 2. The van der Waals surface area contributed by atoms with E-state index in [4.69, 9.17) is 4.52 Å². The molecule has 2 aromatic rings. The van der Waals surface area contributed by atoms with Gasteiger partial charge in [0.15, 0.2) is 5.76 Å². The van der Waals surface area contributed by atoms with E-state index < -0.39 is 0 Å². The van der Waals surface area contributed by atoms with E-state index in [0.717, 1.165) is 44.1 Å². The summed E-state index contributed by atoms with van der Waals surface area (Å²) in [5.74, 6) is 0.908. The molecule has 0 aliphatic heterocycles. The van der Waals surface area contributed by atoms with Crippen LogP contribution in [-0.2, 0) is 13.1 Å². The summed E-state index contributed by atoms with van der Waals surface area (Å²) < 4.78 is 5.44.